The van der Waals surface area contributed by atoms with E-state index in [1.54, 1.807) is 43.2 Å². The second-order valence-corrected chi connectivity index (χ2v) is 8.36. The molecule has 0 radical (unpaired) electrons. The van der Waals surface area contributed by atoms with Crippen molar-refractivity contribution in [2.45, 2.75) is 38.6 Å². The van der Waals surface area contributed by atoms with Crippen LogP contribution in [-0.4, -0.2) is 53.8 Å². The maximum Gasteiger partial charge on any atom is 0.262 e. The van der Waals surface area contributed by atoms with Crippen molar-refractivity contribution >= 4 is 17.7 Å². The molecule has 0 saturated carbocycles. The minimum atomic E-state index is -0.789. The molecule has 1 unspecified atom stereocenters. The van der Waals surface area contributed by atoms with Gasteiger partial charge in [0.15, 0.2) is 0 Å². The number of amides is 3. The largest absolute Gasteiger partial charge is 0.497 e. The van der Waals surface area contributed by atoms with Gasteiger partial charge in [0.05, 0.1) is 18.2 Å². The molecule has 0 N–H and O–H groups in total. The van der Waals surface area contributed by atoms with Gasteiger partial charge in [0.2, 0.25) is 5.91 Å². The summed E-state index contributed by atoms with van der Waals surface area (Å²) in [7, 11) is 1.67. The summed E-state index contributed by atoms with van der Waals surface area (Å²) in [4.78, 5) is 41.3. The molecule has 2 aromatic carbocycles. The number of hydrogen-bond donors (Lipinski definition) is 0. The topological polar surface area (TPSA) is 66.9 Å². The number of carbonyl (C=O) groups excluding carboxylic acids is 3. The van der Waals surface area contributed by atoms with Gasteiger partial charge in [-0.05, 0) is 68.4 Å². The van der Waals surface area contributed by atoms with E-state index in [1.165, 1.54) is 5.56 Å². The Labute approximate surface area is 182 Å². The fourth-order valence-electron chi connectivity index (χ4n) is 4.54. The van der Waals surface area contributed by atoms with Gasteiger partial charge >= 0.3 is 0 Å². The molecule has 3 amide bonds. The van der Waals surface area contributed by atoms with Crippen LogP contribution in [0.2, 0.25) is 0 Å². The number of nitrogens with zero attached hydrogens (tertiary/aromatic N) is 2. The normalized spacial score (nSPS) is 17.6. The number of benzene rings is 2. The van der Waals surface area contributed by atoms with Crippen LogP contribution in [0.25, 0.3) is 0 Å². The van der Waals surface area contributed by atoms with Gasteiger partial charge in [-0.15, -0.1) is 0 Å². The van der Waals surface area contributed by atoms with Gasteiger partial charge in [0, 0.05) is 13.1 Å². The number of aryl methyl sites for hydroxylation is 1. The first kappa shape index (κ1) is 21.1. The van der Waals surface area contributed by atoms with Crippen molar-refractivity contribution in [1.82, 2.24) is 9.80 Å². The Morgan fingerprint density at radius 3 is 2.13 bits per heavy atom. The Kier molecular flexibility index (Phi) is 6.07. The second kappa shape index (κ2) is 8.92. The zero-order chi connectivity index (χ0) is 22.0. The van der Waals surface area contributed by atoms with E-state index in [-0.39, 0.29) is 17.7 Å². The van der Waals surface area contributed by atoms with Crippen molar-refractivity contribution in [1.29, 1.82) is 0 Å². The van der Waals surface area contributed by atoms with Crippen molar-refractivity contribution in [3.63, 3.8) is 0 Å². The number of methoxy groups -OCH3 is 1. The van der Waals surface area contributed by atoms with E-state index >= 15 is 0 Å². The molecular weight excluding hydrogens is 392 g/mol. The highest BCUT2D eigenvalue weighted by molar-refractivity contribution is 6.22. The highest BCUT2D eigenvalue weighted by Crippen LogP contribution is 2.27. The summed E-state index contributed by atoms with van der Waals surface area (Å²) >= 11 is 0. The Morgan fingerprint density at radius 2 is 1.58 bits per heavy atom. The lowest BCUT2D eigenvalue weighted by molar-refractivity contribution is -0.136. The SMILES string of the molecule is COc1ccc(CCC2CCN(C(=O)C(C)N3C(=O)c4ccccc4C3=O)CC2)cc1. The number of ether oxygens (including phenoxy) is 1. The van der Waals surface area contributed by atoms with Crippen LogP contribution >= 0.6 is 0 Å². The summed E-state index contributed by atoms with van der Waals surface area (Å²) in [6.07, 6.45) is 3.98. The summed E-state index contributed by atoms with van der Waals surface area (Å²) < 4.78 is 5.20. The minimum absolute atomic E-state index is 0.150. The lowest BCUT2D eigenvalue weighted by Crippen LogP contribution is -2.51. The number of hydrogen-bond acceptors (Lipinski definition) is 4. The quantitative estimate of drug-likeness (QED) is 0.671. The average molecular weight is 421 g/mol. The summed E-state index contributed by atoms with van der Waals surface area (Å²) in [6, 6.07) is 14.1. The van der Waals surface area contributed by atoms with Crippen LogP contribution in [0.15, 0.2) is 48.5 Å². The zero-order valence-corrected chi connectivity index (χ0v) is 18.0. The van der Waals surface area contributed by atoms with Crippen molar-refractivity contribution in [3.8, 4) is 5.75 Å². The maximum absolute atomic E-state index is 13.0. The molecule has 0 bridgehead atoms. The summed E-state index contributed by atoms with van der Waals surface area (Å²) in [5.74, 6) is 0.526. The predicted octanol–water partition coefficient (Wildman–Crippen LogP) is 3.55. The molecule has 1 atom stereocenters. The molecule has 6 heteroatoms. The molecule has 2 aliphatic heterocycles. The Bertz CT molecular complexity index is 942. The minimum Gasteiger partial charge on any atom is -0.497 e. The maximum atomic E-state index is 13.0. The van der Waals surface area contributed by atoms with Gasteiger partial charge in [-0.25, -0.2) is 0 Å². The number of fused-ring (bicyclic) bond motifs is 1. The van der Waals surface area contributed by atoms with Crippen LogP contribution in [-0.2, 0) is 11.2 Å². The molecule has 4 rings (SSSR count). The van der Waals surface area contributed by atoms with Gasteiger partial charge in [-0.1, -0.05) is 24.3 Å². The highest BCUT2D eigenvalue weighted by atomic mass is 16.5. The number of piperidine rings is 1. The van der Waals surface area contributed by atoms with Crippen LogP contribution in [0, 0.1) is 5.92 Å². The van der Waals surface area contributed by atoms with Crippen molar-refractivity contribution in [2.75, 3.05) is 20.2 Å². The van der Waals surface area contributed by atoms with Crippen LogP contribution in [0.5, 0.6) is 5.75 Å². The number of imide groups is 1. The molecule has 31 heavy (non-hydrogen) atoms. The lowest BCUT2D eigenvalue weighted by Gasteiger charge is -2.35. The van der Waals surface area contributed by atoms with E-state index in [4.69, 9.17) is 4.74 Å². The summed E-state index contributed by atoms with van der Waals surface area (Å²) in [5, 5.41) is 0. The zero-order valence-electron chi connectivity index (χ0n) is 18.0. The van der Waals surface area contributed by atoms with Gasteiger partial charge in [0.1, 0.15) is 11.8 Å². The first-order chi connectivity index (χ1) is 15.0. The Hall–Kier alpha value is -3.15. The lowest BCUT2D eigenvalue weighted by atomic mass is 9.90. The third-order valence-corrected chi connectivity index (χ3v) is 6.50. The van der Waals surface area contributed by atoms with E-state index < -0.39 is 6.04 Å². The third kappa shape index (κ3) is 4.20. The van der Waals surface area contributed by atoms with E-state index in [2.05, 4.69) is 12.1 Å². The van der Waals surface area contributed by atoms with Crippen molar-refractivity contribution in [3.05, 3.63) is 65.2 Å². The smallest absolute Gasteiger partial charge is 0.262 e. The molecule has 2 aromatic rings. The van der Waals surface area contributed by atoms with Crippen molar-refractivity contribution < 1.29 is 19.1 Å². The van der Waals surface area contributed by atoms with E-state index in [0.717, 1.165) is 36.3 Å². The second-order valence-electron chi connectivity index (χ2n) is 8.36. The number of likely N-dealkylation sites (tertiary alicyclic amines) is 1. The van der Waals surface area contributed by atoms with E-state index in [0.29, 0.717) is 30.1 Å². The molecule has 1 saturated heterocycles. The predicted molar refractivity (Wildman–Crippen MR) is 117 cm³/mol. The van der Waals surface area contributed by atoms with Crippen LogP contribution in [0.3, 0.4) is 0 Å². The number of carbonyl (C=O) groups is 3. The van der Waals surface area contributed by atoms with E-state index in [1.807, 2.05) is 12.1 Å². The molecule has 0 spiro atoms. The van der Waals surface area contributed by atoms with Gasteiger partial charge in [0.25, 0.3) is 11.8 Å². The third-order valence-electron chi connectivity index (χ3n) is 6.50. The van der Waals surface area contributed by atoms with Gasteiger partial charge in [-0.3, -0.25) is 19.3 Å². The van der Waals surface area contributed by atoms with Crippen LogP contribution < -0.4 is 4.74 Å². The Morgan fingerprint density at radius 1 is 1.00 bits per heavy atom. The molecule has 6 nitrogen and oxygen atoms in total. The number of rotatable bonds is 6. The standard InChI is InChI=1S/C25H28N2O4/c1-17(27-24(29)21-5-3-4-6-22(21)25(27)30)23(28)26-15-13-19(14-16-26)8-7-18-9-11-20(31-2)12-10-18/h3-6,9-12,17,19H,7-8,13-16H2,1-2H3. The van der Waals surface area contributed by atoms with Gasteiger partial charge < -0.3 is 9.64 Å². The highest BCUT2D eigenvalue weighted by Gasteiger charge is 2.42. The molecular formula is C25H28N2O4. The fraction of sp³-hybridized carbons (Fsp3) is 0.400. The van der Waals surface area contributed by atoms with Gasteiger partial charge in [-0.2, -0.15) is 0 Å². The average Bonchev–Trinajstić information content (AvgIpc) is 3.07. The van der Waals surface area contributed by atoms with E-state index in [9.17, 15) is 14.4 Å². The first-order valence-electron chi connectivity index (χ1n) is 10.9. The van der Waals surface area contributed by atoms with Crippen molar-refractivity contribution in [2.24, 2.45) is 5.92 Å². The first-order valence-corrected chi connectivity index (χ1v) is 10.9. The monoisotopic (exact) mass is 420 g/mol. The Balaban J connectivity index is 1.30. The fourth-order valence-corrected chi connectivity index (χ4v) is 4.54. The molecule has 2 aliphatic rings. The molecule has 1 fully saturated rings. The van der Waals surface area contributed by atoms with Crippen LogP contribution in [0.4, 0.5) is 0 Å². The van der Waals surface area contributed by atoms with Crippen LogP contribution in [0.1, 0.15) is 52.5 Å². The molecule has 162 valence electrons. The summed E-state index contributed by atoms with van der Waals surface area (Å²) in [5.41, 5.74) is 2.05. The molecule has 0 aromatic heterocycles. The molecule has 0 aliphatic carbocycles. The summed E-state index contributed by atoms with van der Waals surface area (Å²) in [6.45, 7) is 2.99. The molecule has 2 heterocycles.